The molecule has 7 rings (SSSR count). The van der Waals surface area contributed by atoms with E-state index in [0.717, 1.165) is 18.4 Å². The van der Waals surface area contributed by atoms with E-state index in [-0.39, 0.29) is 55.1 Å². The fourth-order valence-corrected chi connectivity index (χ4v) is 11.2. The van der Waals surface area contributed by atoms with E-state index in [1.165, 1.54) is 0 Å². The molecule has 6 aliphatic heterocycles. The van der Waals surface area contributed by atoms with E-state index < -0.39 is 84.7 Å². The minimum Gasteiger partial charge on any atom is -0.462 e. The number of esters is 1. The number of hydrogen-bond acceptors (Lipinski definition) is 14. The van der Waals surface area contributed by atoms with Crippen LogP contribution in [0.5, 0.6) is 0 Å². The van der Waals surface area contributed by atoms with Gasteiger partial charge in [-0.25, -0.2) is 0 Å². The molecule has 4 fully saturated rings. The van der Waals surface area contributed by atoms with Crippen molar-refractivity contribution in [2.45, 2.75) is 191 Å². The van der Waals surface area contributed by atoms with Gasteiger partial charge in [0.2, 0.25) is 6.41 Å². The summed E-state index contributed by atoms with van der Waals surface area (Å²) in [7, 11) is 5.00. The van der Waals surface area contributed by atoms with Crippen molar-refractivity contribution < 1.29 is 67.2 Å². The van der Waals surface area contributed by atoms with E-state index in [9.17, 15) is 19.8 Å². The summed E-state index contributed by atoms with van der Waals surface area (Å²) >= 11 is 0. The summed E-state index contributed by atoms with van der Waals surface area (Å²) in [5, 5.41) is 23.8. The van der Waals surface area contributed by atoms with Crippen LogP contribution < -0.4 is 0 Å². The minimum atomic E-state index is -1.84. The highest BCUT2D eigenvalue weighted by molar-refractivity contribution is 5.78. The lowest BCUT2D eigenvalue weighted by molar-refractivity contribution is -0.314. The lowest BCUT2D eigenvalue weighted by Crippen LogP contribution is -2.58. The van der Waals surface area contributed by atoms with E-state index in [0.29, 0.717) is 36.8 Å². The molecule has 0 saturated carbocycles. The summed E-state index contributed by atoms with van der Waals surface area (Å²) in [4.78, 5) is 27.6. The highest BCUT2D eigenvalue weighted by Crippen LogP contribution is 2.47. The summed E-state index contributed by atoms with van der Waals surface area (Å²) in [6.45, 7) is 16.2. The molecule has 0 aromatic carbocycles. The third-order valence-corrected chi connectivity index (χ3v) is 15.1. The number of aliphatic hydroxyl groups excluding tert-OH is 1. The molecule has 1 amide bonds. The lowest BCUT2D eigenvalue weighted by Gasteiger charge is -2.48. The molecule has 2 N–H and O–H groups in total. The molecular weight excluding hydrogens is 839 g/mol. The molecule has 4 saturated heterocycles. The Hall–Kier alpha value is -2.80. The Morgan fingerprint density at radius 1 is 0.938 bits per heavy atom. The Balaban J connectivity index is 1.17. The van der Waals surface area contributed by atoms with Gasteiger partial charge in [0.15, 0.2) is 18.4 Å². The second kappa shape index (κ2) is 20.8. The predicted molar refractivity (Wildman–Crippen MR) is 239 cm³/mol. The standard InChI is InChI=1S/C50H75NO14/c1-12-27(2)45-30(5)18-19-49(65-45)24-36-21-35(64-49)17-16-29(4)44(28(3)14-13-15-34-25-58-47-43(53)31(6)20-37(48(54)61-36)50(34,47)55)62-41-23-39(57-11)46(33(8)60-41)63-40-22-38(56-10)42(32(7)59-40)51(9)26-52/h13-16,18-20,26-28,30,32-33,35-47,53,55H,12,17,21-25H2,1-11H3/b14-13+,29-16+,34-15+/t27-,28-,30-,32-,33-,35+,36-,37-,38-,39-,40-,41-,42+,43+,44-,45+,46-,47+,49+,50+/m0/s1. The minimum absolute atomic E-state index is 0.0275. The van der Waals surface area contributed by atoms with Crippen LogP contribution in [0, 0.1) is 23.7 Å². The van der Waals surface area contributed by atoms with E-state index in [4.69, 9.17) is 47.4 Å². The number of carbonyl (C=O) groups excluding carboxylic acids is 2. The first-order chi connectivity index (χ1) is 30.9. The van der Waals surface area contributed by atoms with Gasteiger partial charge < -0.3 is 62.5 Å². The van der Waals surface area contributed by atoms with Crippen LogP contribution >= 0.6 is 0 Å². The first kappa shape index (κ1) is 50.1. The Morgan fingerprint density at radius 2 is 1.65 bits per heavy atom. The third kappa shape index (κ3) is 10.3. The smallest absolute Gasteiger partial charge is 0.316 e. The van der Waals surface area contributed by atoms with Gasteiger partial charge >= 0.3 is 5.97 Å². The summed E-state index contributed by atoms with van der Waals surface area (Å²) in [5.41, 5.74) is 0.119. The number of likely N-dealkylation sites (N-methyl/N-ethyl adjacent to an activating group) is 1. The van der Waals surface area contributed by atoms with Crippen LogP contribution in [-0.4, -0.2) is 153 Å². The van der Waals surface area contributed by atoms with E-state index in [1.54, 1.807) is 45.2 Å². The summed E-state index contributed by atoms with van der Waals surface area (Å²) in [6.07, 6.45) is 10.3. The van der Waals surface area contributed by atoms with Gasteiger partial charge in [0.25, 0.3) is 0 Å². The van der Waals surface area contributed by atoms with E-state index in [1.807, 2.05) is 39.0 Å². The Labute approximate surface area is 385 Å². The topological polar surface area (TPSA) is 170 Å². The number of allylic oxidation sites excluding steroid dienone is 2. The van der Waals surface area contributed by atoms with Gasteiger partial charge in [0.05, 0.1) is 55.4 Å². The van der Waals surface area contributed by atoms with E-state index >= 15 is 0 Å². The second-order valence-corrected chi connectivity index (χ2v) is 19.7. The first-order valence-corrected chi connectivity index (χ1v) is 23.8. The molecule has 0 unspecified atom stereocenters. The first-order valence-electron chi connectivity index (χ1n) is 23.8. The molecule has 6 heterocycles. The fraction of sp³-hybridized carbons (Fsp3) is 0.760. The van der Waals surface area contributed by atoms with E-state index in [2.05, 4.69) is 39.8 Å². The second-order valence-electron chi connectivity index (χ2n) is 19.7. The number of carbonyl (C=O) groups is 2. The maximum absolute atomic E-state index is 14.4. The molecule has 2 bridgehead atoms. The molecule has 15 heteroatoms. The Morgan fingerprint density at radius 3 is 2.35 bits per heavy atom. The van der Waals surface area contributed by atoms with Gasteiger partial charge in [-0.15, -0.1) is 0 Å². The van der Waals surface area contributed by atoms with Crippen LogP contribution in [0.1, 0.15) is 93.9 Å². The van der Waals surface area contributed by atoms with Crippen molar-refractivity contribution in [3.63, 3.8) is 0 Å². The number of hydrogen-bond donors (Lipinski definition) is 2. The molecule has 0 radical (unpaired) electrons. The monoisotopic (exact) mass is 914 g/mol. The normalized spacial score (nSPS) is 47.3. The number of nitrogens with zero attached hydrogens (tertiary/aromatic N) is 1. The summed E-state index contributed by atoms with van der Waals surface area (Å²) in [5.74, 6) is -2.59. The molecule has 20 atom stereocenters. The molecule has 1 spiro atoms. The van der Waals surface area contributed by atoms with Crippen LogP contribution in [0.15, 0.2) is 59.3 Å². The highest BCUT2D eigenvalue weighted by atomic mass is 16.7. The zero-order chi connectivity index (χ0) is 47.0. The molecule has 0 aromatic heterocycles. The van der Waals surface area contributed by atoms with Gasteiger partial charge in [-0.05, 0) is 62.8 Å². The van der Waals surface area contributed by atoms with Crippen LogP contribution in [-0.2, 0) is 57.0 Å². The van der Waals surface area contributed by atoms with Gasteiger partial charge in [-0.2, -0.15) is 0 Å². The largest absolute Gasteiger partial charge is 0.462 e. The Bertz CT molecular complexity index is 1830. The molecule has 15 nitrogen and oxygen atoms in total. The molecule has 65 heavy (non-hydrogen) atoms. The van der Waals surface area contributed by atoms with Crippen molar-refractivity contribution in [3.05, 3.63) is 59.3 Å². The van der Waals surface area contributed by atoms with Crippen LogP contribution in [0.3, 0.4) is 0 Å². The number of methoxy groups -OCH3 is 2. The van der Waals surface area contributed by atoms with Crippen molar-refractivity contribution in [1.82, 2.24) is 4.90 Å². The molecule has 1 aliphatic carbocycles. The fourth-order valence-electron chi connectivity index (χ4n) is 11.2. The SMILES string of the molecule is CC[C@H](C)[C@H]1O[C@]2(C=C[C@@H]1C)C[C@@H]1C[C@@H](C/C=C(\C)[C@@H](O[C@H]3C[C@H](OC)[C@@H](O[C@H]4C[C@H](OC)[C@H](N(C)C=O)[C@H](C)O4)[C@H](C)O3)[C@@H](C)/C=C/C=C3\CO[C@@H]4[C@H](O)C(C)=C[C@@H](C(=O)O1)[C@]34O)O2. The predicted octanol–water partition coefficient (Wildman–Crippen LogP) is 5.47. The maximum Gasteiger partial charge on any atom is 0.316 e. The number of fused-ring (bicyclic) bond motifs is 2. The molecule has 0 aromatic rings. The quantitative estimate of drug-likeness (QED) is 0.161. The van der Waals surface area contributed by atoms with Gasteiger partial charge in [-0.1, -0.05) is 70.6 Å². The molecule has 364 valence electrons. The number of ether oxygens (including phenoxy) is 10. The average molecular weight is 914 g/mol. The zero-order valence-electron chi connectivity index (χ0n) is 40.2. The number of amides is 1. The maximum atomic E-state index is 14.4. The Kier molecular flexibility index (Phi) is 16.0. The third-order valence-electron chi connectivity index (χ3n) is 15.1. The lowest BCUT2D eigenvalue weighted by atomic mass is 9.71. The van der Waals surface area contributed by atoms with Crippen molar-refractivity contribution in [2.24, 2.45) is 23.7 Å². The summed E-state index contributed by atoms with van der Waals surface area (Å²) in [6, 6.07) is -0.259. The molecular formula is C50H75NO14. The van der Waals surface area contributed by atoms with Crippen LogP contribution in [0.4, 0.5) is 0 Å². The van der Waals surface area contributed by atoms with Crippen molar-refractivity contribution in [3.8, 4) is 0 Å². The van der Waals surface area contributed by atoms with Crippen molar-refractivity contribution in [2.75, 3.05) is 27.9 Å². The summed E-state index contributed by atoms with van der Waals surface area (Å²) < 4.78 is 64.5. The van der Waals surface area contributed by atoms with Crippen LogP contribution in [0.25, 0.3) is 0 Å². The average Bonchev–Trinajstić information content (AvgIpc) is 3.62. The number of aliphatic hydroxyl groups is 2. The highest BCUT2D eigenvalue weighted by Gasteiger charge is 2.60. The van der Waals surface area contributed by atoms with Gasteiger partial charge in [0.1, 0.15) is 35.9 Å². The van der Waals surface area contributed by atoms with Gasteiger partial charge in [0, 0.05) is 58.8 Å². The van der Waals surface area contributed by atoms with Crippen molar-refractivity contribution in [1.29, 1.82) is 0 Å². The van der Waals surface area contributed by atoms with Crippen LogP contribution in [0.2, 0.25) is 0 Å². The zero-order valence-corrected chi connectivity index (χ0v) is 40.2. The number of rotatable bonds is 10. The van der Waals surface area contributed by atoms with Gasteiger partial charge in [-0.3, -0.25) is 9.59 Å². The van der Waals surface area contributed by atoms with Crippen molar-refractivity contribution >= 4 is 12.4 Å². The molecule has 7 aliphatic rings.